The molecule has 112 valence electrons. The standard InChI is InChI=1S/C15H20N4O2/c1-4-6-7-13-17-9-12(19-13)11-8-16-10(3)18-14(11)15(20)21-5-2/h8-9H,4-7H2,1-3H3,(H,17,19). The van der Waals surface area contributed by atoms with Crippen LogP contribution in [0.1, 0.15) is 48.8 Å². The highest BCUT2D eigenvalue weighted by Gasteiger charge is 2.18. The number of imidazole rings is 1. The molecular weight excluding hydrogens is 268 g/mol. The molecular formula is C15H20N4O2. The third-order valence-corrected chi connectivity index (χ3v) is 3.06. The SMILES string of the molecule is CCCCc1ncc(-c2cnc(C)nc2C(=O)OCC)[nH]1. The van der Waals surface area contributed by atoms with E-state index in [2.05, 4.69) is 26.9 Å². The Morgan fingerprint density at radius 1 is 1.29 bits per heavy atom. The molecule has 6 heteroatoms. The molecule has 0 saturated heterocycles. The predicted octanol–water partition coefficient (Wildman–Crippen LogP) is 2.69. The van der Waals surface area contributed by atoms with E-state index in [1.165, 1.54) is 0 Å². The summed E-state index contributed by atoms with van der Waals surface area (Å²) in [6.45, 7) is 5.96. The first-order valence-corrected chi connectivity index (χ1v) is 7.20. The van der Waals surface area contributed by atoms with Crippen LogP contribution in [-0.4, -0.2) is 32.5 Å². The van der Waals surface area contributed by atoms with E-state index in [0.717, 1.165) is 30.8 Å². The molecule has 0 amide bonds. The van der Waals surface area contributed by atoms with Gasteiger partial charge in [0.25, 0.3) is 0 Å². The van der Waals surface area contributed by atoms with Crippen molar-refractivity contribution in [2.75, 3.05) is 6.61 Å². The van der Waals surface area contributed by atoms with E-state index in [1.807, 2.05) is 0 Å². The number of unbranched alkanes of at least 4 members (excludes halogenated alkanes) is 1. The Labute approximate surface area is 124 Å². The number of H-pyrrole nitrogens is 1. The van der Waals surface area contributed by atoms with Crippen LogP contribution in [0.15, 0.2) is 12.4 Å². The number of aromatic nitrogens is 4. The molecule has 0 unspecified atom stereocenters. The minimum Gasteiger partial charge on any atom is -0.461 e. The van der Waals surface area contributed by atoms with Gasteiger partial charge in [0, 0.05) is 12.6 Å². The van der Waals surface area contributed by atoms with Crippen LogP contribution >= 0.6 is 0 Å². The average Bonchev–Trinajstić information content (AvgIpc) is 2.94. The van der Waals surface area contributed by atoms with Gasteiger partial charge >= 0.3 is 5.97 Å². The van der Waals surface area contributed by atoms with E-state index in [9.17, 15) is 4.79 Å². The van der Waals surface area contributed by atoms with Gasteiger partial charge in [-0.2, -0.15) is 0 Å². The molecule has 0 bridgehead atoms. The molecule has 0 aliphatic rings. The first-order chi connectivity index (χ1) is 10.2. The maximum atomic E-state index is 12.0. The minimum absolute atomic E-state index is 0.273. The third-order valence-electron chi connectivity index (χ3n) is 3.06. The van der Waals surface area contributed by atoms with Crippen molar-refractivity contribution in [3.63, 3.8) is 0 Å². The second kappa shape index (κ2) is 6.97. The fourth-order valence-electron chi connectivity index (χ4n) is 1.99. The second-order valence-corrected chi connectivity index (χ2v) is 4.75. The maximum absolute atomic E-state index is 12.0. The summed E-state index contributed by atoms with van der Waals surface area (Å²) in [5.41, 5.74) is 1.63. The summed E-state index contributed by atoms with van der Waals surface area (Å²) in [7, 11) is 0. The number of carbonyl (C=O) groups is 1. The lowest BCUT2D eigenvalue weighted by Crippen LogP contribution is -2.11. The summed E-state index contributed by atoms with van der Waals surface area (Å²) in [6, 6.07) is 0. The summed E-state index contributed by atoms with van der Waals surface area (Å²) >= 11 is 0. The van der Waals surface area contributed by atoms with Crippen LogP contribution in [0.4, 0.5) is 0 Å². The number of ether oxygens (including phenoxy) is 1. The van der Waals surface area contributed by atoms with E-state index in [1.54, 1.807) is 26.2 Å². The van der Waals surface area contributed by atoms with Gasteiger partial charge in [-0.15, -0.1) is 0 Å². The number of nitrogens with one attached hydrogen (secondary N) is 1. The van der Waals surface area contributed by atoms with Crippen LogP contribution in [0.2, 0.25) is 0 Å². The van der Waals surface area contributed by atoms with E-state index in [0.29, 0.717) is 18.0 Å². The molecule has 0 fully saturated rings. The molecule has 2 heterocycles. The molecule has 0 aliphatic carbocycles. The summed E-state index contributed by atoms with van der Waals surface area (Å²) in [6.07, 6.45) is 6.41. The molecule has 2 rings (SSSR count). The molecule has 2 aromatic heterocycles. The molecule has 1 N–H and O–H groups in total. The van der Waals surface area contributed by atoms with E-state index < -0.39 is 5.97 Å². The Morgan fingerprint density at radius 3 is 2.81 bits per heavy atom. The van der Waals surface area contributed by atoms with Crippen LogP contribution in [0.3, 0.4) is 0 Å². The zero-order valence-corrected chi connectivity index (χ0v) is 12.6. The number of carbonyl (C=O) groups excluding carboxylic acids is 1. The molecule has 2 aromatic rings. The van der Waals surface area contributed by atoms with Crippen LogP contribution in [-0.2, 0) is 11.2 Å². The van der Waals surface area contributed by atoms with Gasteiger partial charge in [-0.05, 0) is 20.3 Å². The highest BCUT2D eigenvalue weighted by molar-refractivity contribution is 5.94. The largest absolute Gasteiger partial charge is 0.461 e. The lowest BCUT2D eigenvalue weighted by Gasteiger charge is -2.06. The lowest BCUT2D eigenvalue weighted by atomic mass is 10.2. The van der Waals surface area contributed by atoms with Gasteiger partial charge in [0.2, 0.25) is 0 Å². The molecule has 0 spiro atoms. The van der Waals surface area contributed by atoms with E-state index in [-0.39, 0.29) is 5.69 Å². The van der Waals surface area contributed by atoms with Crippen molar-refractivity contribution in [3.05, 3.63) is 29.7 Å². The zero-order chi connectivity index (χ0) is 15.2. The fraction of sp³-hybridized carbons (Fsp3) is 0.467. The van der Waals surface area contributed by atoms with Crippen LogP contribution in [0.5, 0.6) is 0 Å². The molecule has 0 atom stereocenters. The molecule has 0 radical (unpaired) electrons. The Bertz CT molecular complexity index is 622. The highest BCUT2D eigenvalue weighted by atomic mass is 16.5. The van der Waals surface area contributed by atoms with E-state index >= 15 is 0 Å². The summed E-state index contributed by atoms with van der Waals surface area (Å²) in [4.78, 5) is 28.0. The second-order valence-electron chi connectivity index (χ2n) is 4.75. The van der Waals surface area contributed by atoms with Gasteiger partial charge in [0.1, 0.15) is 11.6 Å². The number of aromatic amines is 1. The van der Waals surface area contributed by atoms with Crippen molar-refractivity contribution in [1.82, 2.24) is 19.9 Å². The number of rotatable bonds is 6. The maximum Gasteiger partial charge on any atom is 0.357 e. The zero-order valence-electron chi connectivity index (χ0n) is 12.6. The molecule has 0 aliphatic heterocycles. The Morgan fingerprint density at radius 2 is 2.10 bits per heavy atom. The minimum atomic E-state index is -0.442. The predicted molar refractivity (Wildman–Crippen MR) is 78.9 cm³/mol. The number of aryl methyl sites for hydroxylation is 2. The average molecular weight is 288 g/mol. The number of hydrogen-bond donors (Lipinski definition) is 1. The normalized spacial score (nSPS) is 10.6. The van der Waals surface area contributed by atoms with Gasteiger partial charge in [-0.1, -0.05) is 13.3 Å². The van der Waals surface area contributed by atoms with Crippen LogP contribution in [0, 0.1) is 6.92 Å². The Kier molecular flexibility index (Phi) is 5.03. The Hall–Kier alpha value is -2.24. The van der Waals surface area contributed by atoms with Crippen LogP contribution < -0.4 is 0 Å². The quantitative estimate of drug-likeness (QED) is 0.826. The number of nitrogens with zero attached hydrogens (tertiary/aromatic N) is 3. The van der Waals surface area contributed by atoms with Crippen molar-refractivity contribution < 1.29 is 9.53 Å². The van der Waals surface area contributed by atoms with E-state index in [4.69, 9.17) is 4.74 Å². The van der Waals surface area contributed by atoms with Crippen molar-refractivity contribution in [2.24, 2.45) is 0 Å². The van der Waals surface area contributed by atoms with Crippen LogP contribution in [0.25, 0.3) is 11.3 Å². The van der Waals surface area contributed by atoms with Gasteiger partial charge in [-0.25, -0.2) is 19.7 Å². The van der Waals surface area contributed by atoms with Gasteiger partial charge in [0.15, 0.2) is 5.69 Å². The first-order valence-electron chi connectivity index (χ1n) is 7.20. The summed E-state index contributed by atoms with van der Waals surface area (Å²) in [5.74, 6) is 0.998. The van der Waals surface area contributed by atoms with Crippen molar-refractivity contribution in [3.8, 4) is 11.3 Å². The first kappa shape index (κ1) is 15.2. The van der Waals surface area contributed by atoms with Gasteiger partial charge in [0.05, 0.1) is 24.1 Å². The topological polar surface area (TPSA) is 80.8 Å². The molecule has 0 saturated carbocycles. The van der Waals surface area contributed by atoms with Gasteiger partial charge in [-0.3, -0.25) is 0 Å². The highest BCUT2D eigenvalue weighted by Crippen LogP contribution is 2.21. The molecule has 21 heavy (non-hydrogen) atoms. The molecule has 6 nitrogen and oxygen atoms in total. The van der Waals surface area contributed by atoms with Crippen molar-refractivity contribution in [1.29, 1.82) is 0 Å². The smallest absolute Gasteiger partial charge is 0.357 e. The summed E-state index contributed by atoms with van der Waals surface area (Å²) < 4.78 is 5.05. The van der Waals surface area contributed by atoms with Gasteiger partial charge < -0.3 is 9.72 Å². The lowest BCUT2D eigenvalue weighted by molar-refractivity contribution is 0.0520. The monoisotopic (exact) mass is 288 g/mol. The molecule has 0 aromatic carbocycles. The number of hydrogen-bond acceptors (Lipinski definition) is 5. The fourth-order valence-corrected chi connectivity index (χ4v) is 1.99. The Balaban J connectivity index is 2.34. The van der Waals surface area contributed by atoms with Crippen molar-refractivity contribution >= 4 is 5.97 Å². The summed E-state index contributed by atoms with van der Waals surface area (Å²) in [5, 5.41) is 0. The third kappa shape index (κ3) is 3.65. The number of esters is 1. The van der Waals surface area contributed by atoms with Crippen molar-refractivity contribution in [2.45, 2.75) is 40.0 Å².